The van der Waals surface area contributed by atoms with Gasteiger partial charge in [-0.2, -0.15) is 0 Å². The van der Waals surface area contributed by atoms with E-state index in [1.54, 1.807) is 17.0 Å². The van der Waals surface area contributed by atoms with Crippen LogP contribution in [0.5, 0.6) is 23.0 Å². The summed E-state index contributed by atoms with van der Waals surface area (Å²) in [5.41, 5.74) is 1.21. The Labute approximate surface area is 146 Å². The second kappa shape index (κ2) is 6.93. The normalized spacial score (nSPS) is 15.8. The van der Waals surface area contributed by atoms with E-state index in [4.69, 9.17) is 18.9 Å². The molecule has 1 amide bonds. The van der Waals surface area contributed by atoms with Gasteiger partial charge in [-0.3, -0.25) is 9.69 Å². The molecule has 3 rings (SSSR count). The predicted molar refractivity (Wildman–Crippen MR) is 94.3 cm³/mol. The largest absolute Gasteiger partial charge is 0.493 e. The first-order valence-electron chi connectivity index (χ1n) is 7.96. The molecular weight excluding hydrogens is 322 g/mol. The van der Waals surface area contributed by atoms with Gasteiger partial charge >= 0.3 is 0 Å². The molecule has 2 aromatic carbocycles. The van der Waals surface area contributed by atoms with Crippen molar-refractivity contribution in [1.29, 1.82) is 0 Å². The van der Waals surface area contributed by atoms with Gasteiger partial charge in [-0.1, -0.05) is 12.1 Å². The molecule has 2 aromatic rings. The van der Waals surface area contributed by atoms with Gasteiger partial charge in [-0.25, -0.2) is 0 Å². The molecule has 25 heavy (non-hydrogen) atoms. The van der Waals surface area contributed by atoms with E-state index in [1.807, 2.05) is 31.2 Å². The highest BCUT2D eigenvalue weighted by atomic mass is 16.5. The first-order chi connectivity index (χ1) is 12.1. The first-order valence-corrected chi connectivity index (χ1v) is 7.96. The van der Waals surface area contributed by atoms with Gasteiger partial charge in [-0.05, 0) is 31.2 Å². The molecule has 1 atom stereocenters. The summed E-state index contributed by atoms with van der Waals surface area (Å²) in [7, 11) is 4.58. The number of benzene rings is 2. The minimum absolute atomic E-state index is 0.0958. The van der Waals surface area contributed by atoms with Crippen molar-refractivity contribution in [2.75, 3.05) is 32.8 Å². The number of hydrogen-bond acceptors (Lipinski definition) is 5. The summed E-state index contributed by atoms with van der Waals surface area (Å²) < 4.78 is 21.7. The molecule has 0 saturated heterocycles. The molecule has 1 aliphatic heterocycles. The minimum Gasteiger partial charge on any atom is -0.493 e. The van der Waals surface area contributed by atoms with Crippen LogP contribution in [0.4, 0.5) is 5.69 Å². The van der Waals surface area contributed by atoms with Gasteiger partial charge in [-0.15, -0.1) is 0 Å². The smallest absolute Gasteiger partial charge is 0.259 e. The number of methoxy groups -OCH3 is 3. The summed E-state index contributed by atoms with van der Waals surface area (Å²) in [4.78, 5) is 15.0. The number of nitrogens with zero attached hydrogens (tertiary/aromatic N) is 1. The third-order valence-corrected chi connectivity index (χ3v) is 4.18. The maximum Gasteiger partial charge on any atom is 0.259 e. The van der Waals surface area contributed by atoms with Crippen molar-refractivity contribution in [2.45, 2.75) is 13.0 Å². The van der Waals surface area contributed by atoms with E-state index in [9.17, 15) is 4.79 Å². The molecule has 0 spiro atoms. The standard InChI is InChI=1S/C19H21NO5/c1-12-11-25-15-8-6-5-7-14(15)20(12)19(21)13-9-16(22-2)18(24-4)17(10-13)23-3/h5-10,12H,11H2,1-4H3. The van der Waals surface area contributed by atoms with Crippen molar-refractivity contribution in [3.63, 3.8) is 0 Å². The van der Waals surface area contributed by atoms with E-state index in [1.165, 1.54) is 21.3 Å². The number of anilines is 1. The number of fused-ring (bicyclic) bond motifs is 1. The molecule has 0 aromatic heterocycles. The Morgan fingerprint density at radius 2 is 1.72 bits per heavy atom. The zero-order valence-corrected chi connectivity index (χ0v) is 14.7. The summed E-state index contributed by atoms with van der Waals surface area (Å²) in [6, 6.07) is 10.7. The fourth-order valence-corrected chi connectivity index (χ4v) is 2.95. The third-order valence-electron chi connectivity index (χ3n) is 4.18. The van der Waals surface area contributed by atoms with Crippen LogP contribution in [0.2, 0.25) is 0 Å². The van der Waals surface area contributed by atoms with Crippen molar-refractivity contribution >= 4 is 11.6 Å². The van der Waals surface area contributed by atoms with Gasteiger partial charge in [0.2, 0.25) is 5.75 Å². The first kappa shape index (κ1) is 17.0. The number of amides is 1. The van der Waals surface area contributed by atoms with Crippen molar-refractivity contribution in [1.82, 2.24) is 0 Å². The molecule has 1 unspecified atom stereocenters. The Balaban J connectivity index is 2.07. The molecule has 6 heteroatoms. The number of carbonyl (C=O) groups is 1. The quantitative estimate of drug-likeness (QED) is 0.854. The van der Waals surface area contributed by atoms with Crippen LogP contribution in [0.25, 0.3) is 0 Å². The molecule has 0 saturated carbocycles. The van der Waals surface area contributed by atoms with Crippen LogP contribution in [-0.2, 0) is 0 Å². The summed E-state index contributed by atoms with van der Waals surface area (Å²) in [5, 5.41) is 0. The Kier molecular flexibility index (Phi) is 4.70. The van der Waals surface area contributed by atoms with Crippen molar-refractivity contribution < 1.29 is 23.7 Å². The summed E-state index contributed by atoms with van der Waals surface area (Å²) in [5.74, 6) is 1.89. The zero-order valence-electron chi connectivity index (χ0n) is 14.7. The summed E-state index contributed by atoms with van der Waals surface area (Å²) in [6.45, 7) is 2.39. The molecule has 0 radical (unpaired) electrons. The summed E-state index contributed by atoms with van der Waals surface area (Å²) in [6.07, 6.45) is 0. The molecule has 0 aliphatic carbocycles. The van der Waals surface area contributed by atoms with Crippen LogP contribution in [0.15, 0.2) is 36.4 Å². The van der Waals surface area contributed by atoms with Crippen molar-refractivity contribution in [3.05, 3.63) is 42.0 Å². The minimum atomic E-state index is -0.150. The maximum atomic E-state index is 13.2. The Bertz CT molecular complexity index is 764. The highest BCUT2D eigenvalue weighted by Gasteiger charge is 2.31. The lowest BCUT2D eigenvalue weighted by molar-refractivity contribution is 0.0960. The Morgan fingerprint density at radius 1 is 1.08 bits per heavy atom. The highest BCUT2D eigenvalue weighted by molar-refractivity contribution is 6.08. The van der Waals surface area contributed by atoms with E-state index >= 15 is 0 Å². The van der Waals surface area contributed by atoms with Crippen LogP contribution in [0.1, 0.15) is 17.3 Å². The lowest BCUT2D eigenvalue weighted by Crippen LogP contribution is -2.45. The van der Waals surface area contributed by atoms with E-state index in [0.717, 1.165) is 5.69 Å². The van der Waals surface area contributed by atoms with Gasteiger partial charge in [0.05, 0.1) is 33.1 Å². The van der Waals surface area contributed by atoms with Gasteiger partial charge < -0.3 is 18.9 Å². The van der Waals surface area contributed by atoms with Crippen molar-refractivity contribution in [3.8, 4) is 23.0 Å². The van der Waals surface area contributed by atoms with Crippen LogP contribution < -0.4 is 23.8 Å². The number of rotatable bonds is 4. The molecule has 6 nitrogen and oxygen atoms in total. The average Bonchev–Trinajstić information content (AvgIpc) is 2.66. The topological polar surface area (TPSA) is 57.2 Å². The number of carbonyl (C=O) groups excluding carboxylic acids is 1. The fraction of sp³-hybridized carbons (Fsp3) is 0.316. The monoisotopic (exact) mass is 343 g/mol. The SMILES string of the molecule is COc1cc(C(=O)N2c3ccccc3OCC2C)cc(OC)c1OC. The van der Waals surface area contributed by atoms with E-state index in [-0.39, 0.29) is 11.9 Å². The lowest BCUT2D eigenvalue weighted by atomic mass is 10.1. The van der Waals surface area contributed by atoms with Gasteiger partial charge in [0.1, 0.15) is 12.4 Å². The molecular formula is C19H21NO5. The molecule has 0 fully saturated rings. The van der Waals surface area contributed by atoms with Crippen LogP contribution in [-0.4, -0.2) is 39.9 Å². The molecule has 0 bridgehead atoms. The van der Waals surface area contributed by atoms with Gasteiger partial charge in [0.15, 0.2) is 11.5 Å². The Hall–Kier alpha value is -2.89. The molecule has 132 valence electrons. The molecule has 1 aliphatic rings. The van der Waals surface area contributed by atoms with Crippen LogP contribution in [0.3, 0.4) is 0 Å². The van der Waals surface area contributed by atoms with E-state index in [2.05, 4.69) is 0 Å². The highest BCUT2D eigenvalue weighted by Crippen LogP contribution is 2.40. The van der Waals surface area contributed by atoms with E-state index < -0.39 is 0 Å². The van der Waals surface area contributed by atoms with Crippen LogP contribution in [0, 0.1) is 0 Å². The summed E-state index contributed by atoms with van der Waals surface area (Å²) >= 11 is 0. The van der Waals surface area contributed by atoms with Crippen molar-refractivity contribution in [2.24, 2.45) is 0 Å². The van der Waals surface area contributed by atoms with E-state index in [0.29, 0.717) is 35.2 Å². The second-order valence-corrected chi connectivity index (χ2v) is 5.72. The maximum absolute atomic E-state index is 13.2. The average molecular weight is 343 g/mol. The fourth-order valence-electron chi connectivity index (χ4n) is 2.95. The number of para-hydroxylation sites is 2. The third kappa shape index (κ3) is 2.95. The number of hydrogen-bond donors (Lipinski definition) is 0. The van der Waals surface area contributed by atoms with Gasteiger partial charge in [0, 0.05) is 5.56 Å². The Morgan fingerprint density at radius 3 is 2.32 bits per heavy atom. The number of ether oxygens (including phenoxy) is 4. The molecule has 0 N–H and O–H groups in total. The zero-order chi connectivity index (χ0) is 18.0. The second-order valence-electron chi connectivity index (χ2n) is 5.72. The van der Waals surface area contributed by atoms with Crippen LogP contribution >= 0.6 is 0 Å². The predicted octanol–water partition coefficient (Wildman–Crippen LogP) is 3.14. The lowest BCUT2D eigenvalue weighted by Gasteiger charge is -2.35. The molecule has 1 heterocycles. The van der Waals surface area contributed by atoms with Gasteiger partial charge in [0.25, 0.3) is 5.91 Å².